The molecule has 3 fully saturated rings. The van der Waals surface area contributed by atoms with Crippen LogP contribution in [0.1, 0.15) is 50.3 Å². The molecule has 2 heterocycles. The maximum atomic E-state index is 13.0. The summed E-state index contributed by atoms with van der Waals surface area (Å²) in [5, 5.41) is 16.1. The molecule has 1 N–H and O–H groups in total. The highest BCUT2D eigenvalue weighted by Gasteiger charge is 2.49. The van der Waals surface area contributed by atoms with Gasteiger partial charge in [-0.3, -0.25) is 4.79 Å². The van der Waals surface area contributed by atoms with Crippen LogP contribution >= 0.6 is 0 Å². The number of nitriles is 1. The quantitative estimate of drug-likeness (QED) is 0.805. The van der Waals surface area contributed by atoms with E-state index in [9.17, 15) is 18.5 Å². The van der Waals surface area contributed by atoms with Gasteiger partial charge in [-0.05, 0) is 45.4 Å². The smallest absolute Gasteiger partial charge is 0.244 e. The third-order valence-corrected chi connectivity index (χ3v) is 7.60. The summed E-state index contributed by atoms with van der Waals surface area (Å²) in [6, 6.07) is 3.80. The molecule has 1 amide bonds. The molecule has 1 aromatic heterocycles. The molecule has 27 heavy (non-hydrogen) atoms. The van der Waals surface area contributed by atoms with Crippen molar-refractivity contribution in [1.29, 1.82) is 5.26 Å². The Morgan fingerprint density at radius 1 is 1.41 bits per heavy atom. The molecule has 146 valence electrons. The summed E-state index contributed by atoms with van der Waals surface area (Å²) in [6.45, 7) is 2.18. The Balaban J connectivity index is 1.66. The van der Waals surface area contributed by atoms with Gasteiger partial charge in [0, 0.05) is 18.9 Å². The van der Waals surface area contributed by atoms with Crippen molar-refractivity contribution in [2.75, 3.05) is 17.7 Å². The van der Waals surface area contributed by atoms with Crippen molar-refractivity contribution in [2.24, 2.45) is 0 Å². The third-order valence-electron chi connectivity index (χ3n) is 6.05. The summed E-state index contributed by atoms with van der Waals surface area (Å²) < 4.78 is 26.3. The highest BCUT2D eigenvalue weighted by molar-refractivity contribution is 7.91. The minimum Gasteiger partial charge on any atom is -0.343 e. The number of nitrogens with one attached hydrogen (secondary N) is 1. The lowest BCUT2D eigenvalue weighted by Crippen LogP contribution is -2.48. The third kappa shape index (κ3) is 3.31. The van der Waals surface area contributed by atoms with Crippen molar-refractivity contribution in [3.8, 4) is 6.07 Å². The Morgan fingerprint density at radius 3 is 2.63 bits per heavy atom. The van der Waals surface area contributed by atoms with Crippen LogP contribution in [-0.2, 0) is 14.6 Å². The van der Waals surface area contributed by atoms with Gasteiger partial charge in [-0.15, -0.1) is 0 Å². The molecule has 2 atom stereocenters. The number of amides is 1. The van der Waals surface area contributed by atoms with E-state index in [-0.39, 0.29) is 18.9 Å². The van der Waals surface area contributed by atoms with Crippen molar-refractivity contribution in [2.45, 2.75) is 68.3 Å². The van der Waals surface area contributed by atoms with Crippen LogP contribution in [0.15, 0.2) is 6.07 Å². The highest BCUT2D eigenvalue weighted by Crippen LogP contribution is 2.39. The van der Waals surface area contributed by atoms with Gasteiger partial charge in [0.2, 0.25) is 5.91 Å². The second-order valence-electron chi connectivity index (χ2n) is 8.21. The number of nitrogens with zero attached hydrogens (tertiary/aromatic N) is 4. The zero-order chi connectivity index (χ0) is 19.4. The first-order valence-corrected chi connectivity index (χ1v) is 11.4. The van der Waals surface area contributed by atoms with Crippen molar-refractivity contribution in [1.82, 2.24) is 15.1 Å². The molecule has 2 saturated carbocycles. The Morgan fingerprint density at radius 2 is 2.11 bits per heavy atom. The average Bonchev–Trinajstić information content (AvgIpc) is 2.99. The van der Waals surface area contributed by atoms with E-state index in [2.05, 4.69) is 16.5 Å². The molecule has 8 nitrogen and oxygen atoms in total. The van der Waals surface area contributed by atoms with Gasteiger partial charge in [0.25, 0.3) is 0 Å². The Labute approximate surface area is 159 Å². The minimum absolute atomic E-state index is 0.237. The number of carbonyl (C=O) groups excluding carboxylic acids is 1. The molecule has 0 unspecified atom stereocenters. The summed E-state index contributed by atoms with van der Waals surface area (Å²) in [5.41, 5.74) is 0.0883. The zero-order valence-electron chi connectivity index (χ0n) is 15.7. The molecule has 0 bridgehead atoms. The van der Waals surface area contributed by atoms with Gasteiger partial charge in [0.1, 0.15) is 17.4 Å². The summed E-state index contributed by atoms with van der Waals surface area (Å²) >= 11 is 0. The van der Waals surface area contributed by atoms with E-state index >= 15 is 0 Å². The molecule has 1 aromatic rings. The molecule has 2 aliphatic carbocycles. The second kappa shape index (κ2) is 6.23. The van der Waals surface area contributed by atoms with E-state index in [4.69, 9.17) is 0 Å². The molecule has 1 saturated heterocycles. The van der Waals surface area contributed by atoms with Crippen molar-refractivity contribution in [3.63, 3.8) is 0 Å². The maximum absolute atomic E-state index is 13.0. The first-order valence-electron chi connectivity index (χ1n) is 9.47. The van der Waals surface area contributed by atoms with Gasteiger partial charge < -0.3 is 10.2 Å². The number of carbonyl (C=O) groups is 1. The van der Waals surface area contributed by atoms with Crippen LogP contribution in [0.25, 0.3) is 0 Å². The predicted octanol–water partition coefficient (Wildman–Crippen LogP) is 1.08. The van der Waals surface area contributed by atoms with Crippen LogP contribution in [0.2, 0.25) is 0 Å². The highest BCUT2D eigenvalue weighted by atomic mass is 32.2. The zero-order valence-corrected chi connectivity index (χ0v) is 16.5. The average molecular weight is 391 g/mol. The van der Waals surface area contributed by atoms with Crippen molar-refractivity contribution in [3.05, 3.63) is 11.8 Å². The standard InChI is InChI=1S/C18H25N5O3S/c1-12-8-16(23(21-12)13-4-3-5-13)22-10-14(27(2,25)26)9-15(22)17(24)20-18(11-19)6-7-18/h8,13-15H,3-7,9-10H2,1-2H3,(H,20,24)/t14-,15+/m1/s1. The fourth-order valence-electron chi connectivity index (χ4n) is 3.94. The van der Waals surface area contributed by atoms with Crippen molar-refractivity contribution < 1.29 is 13.2 Å². The summed E-state index contributed by atoms with van der Waals surface area (Å²) in [7, 11) is -3.28. The molecule has 0 radical (unpaired) electrons. The Kier molecular flexibility index (Phi) is 4.22. The largest absolute Gasteiger partial charge is 0.343 e. The minimum atomic E-state index is -3.28. The van der Waals surface area contributed by atoms with Crippen molar-refractivity contribution >= 4 is 21.6 Å². The number of aromatic nitrogens is 2. The number of hydrogen-bond acceptors (Lipinski definition) is 6. The monoisotopic (exact) mass is 391 g/mol. The fraction of sp³-hybridized carbons (Fsp3) is 0.722. The SMILES string of the molecule is Cc1cc(N2C[C@H](S(C)(=O)=O)C[C@H]2C(=O)NC2(C#N)CC2)n(C2CCC2)n1. The summed E-state index contributed by atoms with van der Waals surface area (Å²) in [4.78, 5) is 14.8. The first-order chi connectivity index (χ1) is 12.7. The number of sulfone groups is 1. The van der Waals surface area contributed by atoms with Gasteiger partial charge in [-0.2, -0.15) is 10.4 Å². The van der Waals surface area contributed by atoms with E-state index in [1.165, 1.54) is 6.26 Å². The maximum Gasteiger partial charge on any atom is 0.244 e. The Hall–Kier alpha value is -2.08. The molecule has 4 rings (SSSR count). The van der Waals surface area contributed by atoms with Crippen LogP contribution in [0, 0.1) is 18.3 Å². The number of anilines is 1. The van der Waals surface area contributed by atoms with Crippen LogP contribution in [0.3, 0.4) is 0 Å². The van der Waals surface area contributed by atoms with Gasteiger partial charge in [-0.25, -0.2) is 13.1 Å². The van der Waals surface area contributed by atoms with Crippen LogP contribution in [0.5, 0.6) is 0 Å². The van der Waals surface area contributed by atoms with Gasteiger partial charge in [0.05, 0.1) is 23.1 Å². The van der Waals surface area contributed by atoms with Crippen LogP contribution in [-0.4, -0.2) is 53.7 Å². The molecule has 3 aliphatic rings. The van der Waals surface area contributed by atoms with Gasteiger partial charge in [-0.1, -0.05) is 0 Å². The van der Waals surface area contributed by atoms with E-state index in [1.807, 2.05) is 22.6 Å². The predicted molar refractivity (Wildman–Crippen MR) is 100.0 cm³/mol. The number of hydrogen-bond donors (Lipinski definition) is 1. The topological polar surface area (TPSA) is 108 Å². The normalized spacial score (nSPS) is 27.1. The summed E-state index contributed by atoms with van der Waals surface area (Å²) in [5.74, 6) is 0.546. The van der Waals surface area contributed by atoms with Gasteiger partial charge >= 0.3 is 0 Å². The lowest BCUT2D eigenvalue weighted by Gasteiger charge is -2.32. The van der Waals surface area contributed by atoms with Crippen LogP contribution in [0.4, 0.5) is 5.82 Å². The molecule has 0 spiro atoms. The fourth-order valence-corrected chi connectivity index (χ4v) is 4.90. The lowest BCUT2D eigenvalue weighted by atomic mass is 9.93. The second-order valence-corrected chi connectivity index (χ2v) is 10.5. The molecule has 0 aromatic carbocycles. The van der Waals surface area contributed by atoms with E-state index in [0.29, 0.717) is 18.9 Å². The van der Waals surface area contributed by atoms with Crippen LogP contribution < -0.4 is 10.2 Å². The van der Waals surface area contributed by atoms with E-state index < -0.39 is 26.7 Å². The van der Waals surface area contributed by atoms with Gasteiger partial charge in [0.15, 0.2) is 9.84 Å². The molecular formula is C18H25N5O3S. The first kappa shape index (κ1) is 18.3. The van der Waals surface area contributed by atoms with E-state index in [0.717, 1.165) is 30.8 Å². The lowest BCUT2D eigenvalue weighted by molar-refractivity contribution is -0.122. The Bertz CT molecular complexity index is 908. The molecule has 9 heteroatoms. The molecular weight excluding hydrogens is 366 g/mol. The summed E-state index contributed by atoms with van der Waals surface area (Å²) in [6.07, 6.45) is 6.01. The molecule has 1 aliphatic heterocycles. The number of rotatable bonds is 5. The van der Waals surface area contributed by atoms with E-state index in [1.54, 1.807) is 0 Å². The number of aryl methyl sites for hydroxylation is 1.